The van der Waals surface area contributed by atoms with Crippen molar-refractivity contribution in [3.63, 3.8) is 0 Å². The third-order valence-electron chi connectivity index (χ3n) is 5.59. The lowest BCUT2D eigenvalue weighted by Gasteiger charge is -2.35. The Morgan fingerprint density at radius 3 is 2.41 bits per heavy atom. The Kier molecular flexibility index (Phi) is 6.91. The highest BCUT2D eigenvalue weighted by molar-refractivity contribution is 5.79. The van der Waals surface area contributed by atoms with Gasteiger partial charge in [0.15, 0.2) is 0 Å². The van der Waals surface area contributed by atoms with Crippen molar-refractivity contribution in [2.45, 2.75) is 51.5 Å². The van der Waals surface area contributed by atoms with E-state index in [9.17, 15) is 9.59 Å². The lowest BCUT2D eigenvalue weighted by molar-refractivity contribution is -0.136. The summed E-state index contributed by atoms with van der Waals surface area (Å²) in [5, 5.41) is 8.89. The summed E-state index contributed by atoms with van der Waals surface area (Å²) >= 11 is 0. The monoisotopic (exact) mass is 395 g/mol. The van der Waals surface area contributed by atoms with Gasteiger partial charge >= 0.3 is 5.97 Å². The zero-order valence-electron chi connectivity index (χ0n) is 17.2. The lowest BCUT2D eigenvalue weighted by atomic mass is 9.86. The molecule has 0 radical (unpaired) electrons. The summed E-state index contributed by atoms with van der Waals surface area (Å²) in [7, 11) is 1.70. The van der Waals surface area contributed by atoms with Crippen molar-refractivity contribution in [1.82, 2.24) is 4.90 Å². The van der Waals surface area contributed by atoms with E-state index in [1.165, 1.54) is 11.1 Å². The molecule has 1 N–H and O–H groups in total. The summed E-state index contributed by atoms with van der Waals surface area (Å²) in [6, 6.07) is 13.7. The van der Waals surface area contributed by atoms with Crippen LogP contribution in [0.4, 0.5) is 0 Å². The molecule has 0 bridgehead atoms. The summed E-state index contributed by atoms with van der Waals surface area (Å²) in [4.78, 5) is 26.0. The van der Waals surface area contributed by atoms with Crippen molar-refractivity contribution < 1.29 is 19.4 Å². The molecule has 0 saturated carbocycles. The number of ether oxygens (including phenoxy) is 1. The first-order chi connectivity index (χ1) is 14.0. The number of methoxy groups -OCH3 is 1. The van der Waals surface area contributed by atoms with Crippen molar-refractivity contribution in [3.8, 4) is 5.75 Å². The molecule has 0 fully saturated rings. The molecule has 0 aromatic heterocycles. The Hall–Kier alpha value is -2.82. The molecule has 3 rings (SSSR count). The van der Waals surface area contributed by atoms with E-state index in [1.54, 1.807) is 19.2 Å². The third kappa shape index (κ3) is 5.17. The van der Waals surface area contributed by atoms with E-state index in [0.717, 1.165) is 49.1 Å². The number of carbonyl (C=O) groups excluding carboxylic acids is 1. The molecule has 1 amide bonds. The molecule has 1 unspecified atom stereocenters. The van der Waals surface area contributed by atoms with Gasteiger partial charge in [0, 0.05) is 12.6 Å². The van der Waals surface area contributed by atoms with E-state index in [2.05, 4.69) is 13.0 Å². The van der Waals surface area contributed by atoms with Crippen LogP contribution in [0, 0.1) is 0 Å². The van der Waals surface area contributed by atoms with Crippen LogP contribution in [0.25, 0.3) is 0 Å². The fourth-order valence-electron chi connectivity index (χ4n) is 4.19. The number of hydrogen-bond donors (Lipinski definition) is 1. The maximum Gasteiger partial charge on any atom is 0.307 e. The molecule has 1 atom stereocenters. The molecular weight excluding hydrogens is 366 g/mol. The van der Waals surface area contributed by atoms with Crippen LogP contribution in [0.1, 0.15) is 42.0 Å². The first-order valence-corrected chi connectivity index (χ1v) is 10.3. The highest BCUT2D eigenvalue weighted by atomic mass is 16.5. The summed E-state index contributed by atoms with van der Waals surface area (Å²) in [5.74, 6) is 0.224. The SMILES string of the molecule is CCCN(C(=O)Cc1ccc(CC(=O)O)cc1)C1CCc2c(cccc2OC)C1. The standard InChI is InChI=1S/C24H29NO4/c1-3-13-25(20-11-12-21-19(16-20)5-4-6-22(21)29-2)23(26)14-17-7-9-18(10-8-17)15-24(27)28/h4-10,20H,3,11-16H2,1-2H3,(H,27,28). The molecule has 0 spiro atoms. The van der Waals surface area contributed by atoms with Gasteiger partial charge in [0.1, 0.15) is 5.75 Å². The summed E-state index contributed by atoms with van der Waals surface area (Å²) in [6.45, 7) is 2.85. The molecule has 0 heterocycles. The molecular formula is C24H29NO4. The average molecular weight is 395 g/mol. The molecule has 29 heavy (non-hydrogen) atoms. The number of fused-ring (bicyclic) bond motifs is 1. The Morgan fingerprint density at radius 1 is 1.10 bits per heavy atom. The van der Waals surface area contributed by atoms with Crippen molar-refractivity contribution in [3.05, 3.63) is 64.7 Å². The molecule has 2 aromatic carbocycles. The predicted molar refractivity (Wildman–Crippen MR) is 112 cm³/mol. The van der Waals surface area contributed by atoms with Gasteiger partial charge in [-0.1, -0.05) is 43.3 Å². The number of carbonyl (C=O) groups is 2. The van der Waals surface area contributed by atoms with Gasteiger partial charge in [0.2, 0.25) is 5.91 Å². The maximum atomic E-state index is 13.1. The van der Waals surface area contributed by atoms with Crippen LogP contribution in [-0.4, -0.2) is 41.6 Å². The predicted octanol–water partition coefficient (Wildman–Crippen LogP) is 3.66. The van der Waals surface area contributed by atoms with Crippen LogP contribution in [0.15, 0.2) is 42.5 Å². The number of carboxylic acid groups (broad SMARTS) is 1. The molecule has 5 heteroatoms. The van der Waals surface area contributed by atoms with E-state index in [0.29, 0.717) is 6.42 Å². The molecule has 0 saturated heterocycles. The Balaban J connectivity index is 1.70. The molecule has 0 aliphatic heterocycles. The second-order valence-electron chi connectivity index (χ2n) is 7.65. The van der Waals surface area contributed by atoms with Crippen molar-refractivity contribution >= 4 is 11.9 Å². The van der Waals surface area contributed by atoms with Crippen LogP contribution < -0.4 is 4.74 Å². The van der Waals surface area contributed by atoms with Crippen LogP contribution in [0.3, 0.4) is 0 Å². The van der Waals surface area contributed by atoms with Crippen LogP contribution in [0.2, 0.25) is 0 Å². The van der Waals surface area contributed by atoms with Gasteiger partial charge < -0.3 is 14.7 Å². The van der Waals surface area contributed by atoms with Crippen LogP contribution in [-0.2, 0) is 35.3 Å². The Bertz CT molecular complexity index is 860. The van der Waals surface area contributed by atoms with Crippen molar-refractivity contribution in [1.29, 1.82) is 0 Å². The van der Waals surface area contributed by atoms with Gasteiger partial charge in [0.05, 0.1) is 20.0 Å². The van der Waals surface area contributed by atoms with Gasteiger partial charge in [-0.15, -0.1) is 0 Å². The minimum absolute atomic E-state index is 0.00112. The average Bonchev–Trinajstić information content (AvgIpc) is 2.72. The number of hydrogen-bond acceptors (Lipinski definition) is 3. The summed E-state index contributed by atoms with van der Waals surface area (Å²) in [5.41, 5.74) is 4.21. The zero-order chi connectivity index (χ0) is 20.8. The highest BCUT2D eigenvalue weighted by Gasteiger charge is 2.28. The van der Waals surface area contributed by atoms with Gasteiger partial charge in [-0.3, -0.25) is 9.59 Å². The second kappa shape index (κ2) is 9.59. The van der Waals surface area contributed by atoms with Crippen LogP contribution >= 0.6 is 0 Å². The second-order valence-corrected chi connectivity index (χ2v) is 7.65. The molecule has 1 aliphatic rings. The third-order valence-corrected chi connectivity index (χ3v) is 5.59. The van der Waals surface area contributed by atoms with E-state index in [4.69, 9.17) is 9.84 Å². The first-order valence-electron chi connectivity index (χ1n) is 10.3. The lowest BCUT2D eigenvalue weighted by Crippen LogP contribution is -2.44. The van der Waals surface area contributed by atoms with E-state index in [1.807, 2.05) is 29.2 Å². The minimum Gasteiger partial charge on any atom is -0.496 e. The van der Waals surface area contributed by atoms with Gasteiger partial charge in [0.25, 0.3) is 0 Å². The normalized spacial score (nSPS) is 15.4. The number of aliphatic carboxylic acids is 1. The maximum absolute atomic E-state index is 13.1. The van der Waals surface area contributed by atoms with E-state index < -0.39 is 5.97 Å². The minimum atomic E-state index is -0.850. The highest BCUT2D eigenvalue weighted by Crippen LogP contribution is 2.31. The number of nitrogens with zero attached hydrogens (tertiary/aromatic N) is 1. The van der Waals surface area contributed by atoms with Crippen molar-refractivity contribution in [2.24, 2.45) is 0 Å². The molecule has 2 aromatic rings. The zero-order valence-corrected chi connectivity index (χ0v) is 17.2. The van der Waals surface area contributed by atoms with Gasteiger partial charge in [-0.05, 0) is 54.0 Å². The quantitative estimate of drug-likeness (QED) is 0.741. The van der Waals surface area contributed by atoms with Gasteiger partial charge in [-0.2, -0.15) is 0 Å². The molecule has 1 aliphatic carbocycles. The smallest absolute Gasteiger partial charge is 0.307 e. The van der Waals surface area contributed by atoms with E-state index >= 15 is 0 Å². The number of benzene rings is 2. The fraction of sp³-hybridized carbons (Fsp3) is 0.417. The fourth-order valence-corrected chi connectivity index (χ4v) is 4.19. The van der Waals surface area contributed by atoms with Crippen LogP contribution in [0.5, 0.6) is 5.75 Å². The first kappa shape index (κ1) is 20.9. The Labute approximate surface area is 172 Å². The number of amides is 1. The summed E-state index contributed by atoms with van der Waals surface area (Å²) in [6.07, 6.45) is 3.98. The van der Waals surface area contributed by atoms with E-state index in [-0.39, 0.29) is 18.4 Å². The van der Waals surface area contributed by atoms with Crippen molar-refractivity contribution in [2.75, 3.05) is 13.7 Å². The number of carboxylic acids is 1. The largest absolute Gasteiger partial charge is 0.496 e. The number of rotatable bonds is 8. The molecule has 154 valence electrons. The van der Waals surface area contributed by atoms with Gasteiger partial charge in [-0.25, -0.2) is 0 Å². The topological polar surface area (TPSA) is 66.8 Å². The molecule has 5 nitrogen and oxygen atoms in total. The Morgan fingerprint density at radius 2 is 1.79 bits per heavy atom. The summed E-state index contributed by atoms with van der Waals surface area (Å²) < 4.78 is 5.50.